The number of ether oxygens (including phenoxy) is 1. The van der Waals surface area contributed by atoms with E-state index in [2.05, 4.69) is 25.3 Å². The number of oxazole rings is 1. The Bertz CT molecular complexity index is 1140. The number of alkyl halides is 3. The molecule has 162 valence electrons. The van der Waals surface area contributed by atoms with Crippen molar-refractivity contribution in [2.45, 2.75) is 31.5 Å². The van der Waals surface area contributed by atoms with Gasteiger partial charge in [0.15, 0.2) is 5.69 Å². The van der Waals surface area contributed by atoms with E-state index in [4.69, 9.17) is 20.8 Å². The molecule has 1 amide bonds. The van der Waals surface area contributed by atoms with Gasteiger partial charge in [0.1, 0.15) is 11.5 Å². The van der Waals surface area contributed by atoms with Gasteiger partial charge in [-0.25, -0.2) is 15.0 Å². The quantitative estimate of drug-likeness (QED) is 0.636. The van der Waals surface area contributed by atoms with E-state index in [9.17, 15) is 18.0 Å². The molecule has 1 aliphatic rings. The maximum atomic E-state index is 12.9. The number of fused-ring (bicyclic) bond motifs is 1. The Kier molecular flexibility index (Phi) is 5.52. The molecular weight excluding hydrogens is 439 g/mol. The number of amides is 1. The maximum absolute atomic E-state index is 12.9. The van der Waals surface area contributed by atoms with E-state index in [1.807, 2.05) is 0 Å². The fourth-order valence-electron chi connectivity index (χ4n) is 3.21. The van der Waals surface area contributed by atoms with Crippen LogP contribution in [0.4, 0.5) is 13.2 Å². The molecule has 3 aromatic rings. The van der Waals surface area contributed by atoms with Crippen molar-refractivity contribution in [3.05, 3.63) is 52.5 Å². The average Bonchev–Trinajstić information content (AvgIpc) is 3.19. The molecule has 1 N–H and O–H groups in total. The van der Waals surface area contributed by atoms with Crippen LogP contribution in [0.3, 0.4) is 0 Å². The van der Waals surface area contributed by atoms with Crippen LogP contribution in [0.1, 0.15) is 46.5 Å². The first kappa shape index (κ1) is 21.0. The first-order chi connectivity index (χ1) is 14.8. The highest BCUT2D eigenvalue weighted by atomic mass is 35.5. The number of nitrogens with one attached hydrogen (secondary N) is 1. The van der Waals surface area contributed by atoms with Gasteiger partial charge in [-0.3, -0.25) is 9.78 Å². The lowest BCUT2D eigenvalue weighted by Gasteiger charge is -2.21. The highest BCUT2D eigenvalue weighted by Gasteiger charge is 2.34. The molecule has 31 heavy (non-hydrogen) atoms. The van der Waals surface area contributed by atoms with Crippen molar-refractivity contribution in [3.63, 3.8) is 0 Å². The van der Waals surface area contributed by atoms with Crippen LogP contribution in [-0.2, 0) is 12.6 Å². The van der Waals surface area contributed by atoms with E-state index >= 15 is 0 Å². The molecule has 0 unspecified atom stereocenters. The molecule has 0 bridgehead atoms. The molecule has 4 rings (SSSR count). The highest BCUT2D eigenvalue weighted by Crippen LogP contribution is 2.36. The third-order valence-corrected chi connectivity index (χ3v) is 4.98. The number of aromatic nitrogens is 4. The summed E-state index contributed by atoms with van der Waals surface area (Å²) >= 11 is 6.21. The molecule has 0 spiro atoms. The van der Waals surface area contributed by atoms with Gasteiger partial charge >= 0.3 is 6.18 Å². The fourth-order valence-corrected chi connectivity index (χ4v) is 3.40. The van der Waals surface area contributed by atoms with E-state index in [1.165, 1.54) is 13.3 Å². The summed E-state index contributed by atoms with van der Waals surface area (Å²) in [5, 5.41) is 2.96. The third-order valence-electron chi connectivity index (χ3n) is 4.68. The number of carbonyl (C=O) groups is 1. The van der Waals surface area contributed by atoms with Crippen LogP contribution in [0.15, 0.2) is 29.1 Å². The topological polar surface area (TPSA) is 103 Å². The molecule has 8 nitrogen and oxygen atoms in total. The van der Waals surface area contributed by atoms with Crippen molar-refractivity contribution < 1.29 is 27.1 Å². The number of hydrogen-bond acceptors (Lipinski definition) is 7. The van der Waals surface area contributed by atoms with Gasteiger partial charge in [0.05, 0.1) is 48.0 Å². The SMILES string of the molecule is COc1cc(-c2nc3c(o2)[C@H](NC(=O)c2cncc(C(F)(F)F)n2)CCC3)c(Cl)cn1. The largest absolute Gasteiger partial charge is 0.481 e. The van der Waals surface area contributed by atoms with Crippen molar-refractivity contribution in [3.8, 4) is 17.3 Å². The molecule has 1 aliphatic carbocycles. The van der Waals surface area contributed by atoms with Crippen LogP contribution >= 0.6 is 11.6 Å². The number of methoxy groups -OCH3 is 1. The summed E-state index contributed by atoms with van der Waals surface area (Å²) in [6, 6.07) is 0.988. The summed E-state index contributed by atoms with van der Waals surface area (Å²) in [5.41, 5.74) is -0.582. The first-order valence-electron chi connectivity index (χ1n) is 9.16. The molecule has 0 aromatic carbocycles. The van der Waals surface area contributed by atoms with Gasteiger partial charge in [-0.2, -0.15) is 13.2 Å². The van der Waals surface area contributed by atoms with E-state index in [1.54, 1.807) is 6.07 Å². The lowest BCUT2D eigenvalue weighted by molar-refractivity contribution is -0.141. The van der Waals surface area contributed by atoms with E-state index in [-0.39, 0.29) is 5.89 Å². The number of pyridine rings is 1. The minimum atomic E-state index is -4.70. The van der Waals surface area contributed by atoms with Crippen molar-refractivity contribution in [2.75, 3.05) is 7.11 Å². The summed E-state index contributed by atoms with van der Waals surface area (Å²) in [6.45, 7) is 0. The Morgan fingerprint density at radius 3 is 2.84 bits per heavy atom. The van der Waals surface area contributed by atoms with Crippen LogP contribution in [0, 0.1) is 0 Å². The summed E-state index contributed by atoms with van der Waals surface area (Å²) in [6.07, 6.45) is 0.0811. The number of rotatable bonds is 4. The van der Waals surface area contributed by atoms with Gasteiger partial charge in [0.2, 0.25) is 11.8 Å². The zero-order valence-electron chi connectivity index (χ0n) is 16.0. The molecule has 0 saturated heterocycles. The Labute approximate surface area is 178 Å². The van der Waals surface area contributed by atoms with Gasteiger partial charge in [0, 0.05) is 6.07 Å². The molecule has 0 saturated carbocycles. The molecule has 3 aromatic heterocycles. The lowest BCUT2D eigenvalue weighted by Crippen LogP contribution is -2.31. The molecule has 0 aliphatic heterocycles. The van der Waals surface area contributed by atoms with Gasteiger partial charge in [0.25, 0.3) is 5.91 Å². The van der Waals surface area contributed by atoms with Gasteiger partial charge < -0.3 is 14.5 Å². The van der Waals surface area contributed by atoms with Gasteiger partial charge in [-0.1, -0.05) is 11.6 Å². The van der Waals surface area contributed by atoms with Gasteiger partial charge in [-0.15, -0.1) is 0 Å². The minimum absolute atomic E-state index is 0.232. The van der Waals surface area contributed by atoms with Crippen molar-refractivity contribution >= 4 is 17.5 Å². The van der Waals surface area contributed by atoms with Crippen molar-refractivity contribution in [1.29, 1.82) is 0 Å². The van der Waals surface area contributed by atoms with Crippen LogP contribution in [0.25, 0.3) is 11.5 Å². The minimum Gasteiger partial charge on any atom is -0.481 e. The Hall–Kier alpha value is -3.21. The molecule has 0 fully saturated rings. The van der Waals surface area contributed by atoms with Crippen molar-refractivity contribution in [2.24, 2.45) is 0 Å². The standard InChI is InChI=1S/C19H15ClF3N5O3/c1-30-15-5-9(10(20)6-25-15)18-28-12-4-2-3-11(16(12)31-18)27-17(29)13-7-24-8-14(26-13)19(21,22)23/h5-8,11H,2-4H2,1H3,(H,27,29)/t11-/m1/s1. The zero-order chi connectivity index (χ0) is 22.2. The van der Waals surface area contributed by atoms with E-state index in [0.717, 1.165) is 6.20 Å². The predicted octanol–water partition coefficient (Wildman–Crippen LogP) is 4.01. The van der Waals surface area contributed by atoms with E-state index in [0.29, 0.717) is 53.4 Å². The summed E-state index contributed by atoms with van der Waals surface area (Å²) < 4.78 is 49.6. The maximum Gasteiger partial charge on any atom is 0.434 e. The molecule has 3 heterocycles. The Morgan fingerprint density at radius 2 is 2.10 bits per heavy atom. The van der Waals surface area contributed by atoms with Gasteiger partial charge in [-0.05, 0) is 19.3 Å². The Balaban J connectivity index is 1.60. The first-order valence-corrected chi connectivity index (χ1v) is 9.53. The molecule has 0 radical (unpaired) electrons. The number of halogens is 4. The number of carbonyl (C=O) groups excluding carboxylic acids is 1. The Morgan fingerprint density at radius 1 is 1.29 bits per heavy atom. The second-order valence-corrected chi connectivity index (χ2v) is 7.15. The average molecular weight is 454 g/mol. The van der Waals surface area contributed by atoms with Crippen LogP contribution in [0.5, 0.6) is 5.88 Å². The van der Waals surface area contributed by atoms with Crippen LogP contribution < -0.4 is 10.1 Å². The molecule has 1 atom stereocenters. The van der Waals surface area contributed by atoms with Crippen LogP contribution in [0.2, 0.25) is 5.02 Å². The molecular formula is C19H15ClF3N5O3. The normalized spacial score (nSPS) is 16.0. The number of aryl methyl sites for hydroxylation is 1. The molecule has 12 heteroatoms. The number of nitrogens with zero attached hydrogens (tertiary/aromatic N) is 4. The summed E-state index contributed by atoms with van der Waals surface area (Å²) in [5.74, 6) is 0.179. The summed E-state index contributed by atoms with van der Waals surface area (Å²) in [7, 11) is 1.46. The monoisotopic (exact) mass is 453 g/mol. The highest BCUT2D eigenvalue weighted by molar-refractivity contribution is 6.33. The third kappa shape index (κ3) is 4.31. The van der Waals surface area contributed by atoms with Crippen LogP contribution in [-0.4, -0.2) is 33.0 Å². The second-order valence-electron chi connectivity index (χ2n) is 6.74. The second kappa shape index (κ2) is 8.14. The predicted molar refractivity (Wildman–Crippen MR) is 101 cm³/mol. The zero-order valence-corrected chi connectivity index (χ0v) is 16.8. The summed E-state index contributed by atoms with van der Waals surface area (Å²) in [4.78, 5) is 27.8. The lowest BCUT2D eigenvalue weighted by atomic mass is 9.97. The van der Waals surface area contributed by atoms with Crippen molar-refractivity contribution in [1.82, 2.24) is 25.3 Å². The van der Waals surface area contributed by atoms with E-state index < -0.39 is 29.5 Å². The smallest absolute Gasteiger partial charge is 0.434 e. The fraction of sp³-hybridized carbons (Fsp3) is 0.316. The number of hydrogen-bond donors (Lipinski definition) is 1.